The van der Waals surface area contributed by atoms with Crippen LogP contribution in [0.2, 0.25) is 0 Å². The van der Waals surface area contributed by atoms with Gasteiger partial charge < -0.3 is 20.5 Å². The molecule has 1 aliphatic rings. The minimum atomic E-state index is -0.884. The number of halogens is 2. The molecular weight excluding hydrogens is 663 g/mol. The number of aromatic nitrogens is 5. The second kappa shape index (κ2) is 13.8. The molecule has 0 aliphatic carbocycles. The molecule has 2 aromatic carbocycles. The highest BCUT2D eigenvalue weighted by molar-refractivity contribution is 6.68. The molecule has 0 saturated carbocycles. The Balaban J connectivity index is 1.31. The monoisotopic (exact) mass is 698 g/mol. The summed E-state index contributed by atoms with van der Waals surface area (Å²) in [7, 11) is 0. The third-order valence-corrected chi connectivity index (χ3v) is 9.08. The van der Waals surface area contributed by atoms with Crippen LogP contribution in [0.4, 0.5) is 15.9 Å². The molecule has 0 spiro atoms. The minimum absolute atomic E-state index is 0.00509. The highest BCUT2D eigenvalue weighted by Crippen LogP contribution is 2.35. The summed E-state index contributed by atoms with van der Waals surface area (Å²) in [5.41, 5.74) is 7.71. The molecule has 6 rings (SSSR count). The smallest absolute Gasteiger partial charge is 0.269 e. The van der Waals surface area contributed by atoms with Crippen molar-refractivity contribution in [2.45, 2.75) is 52.6 Å². The lowest BCUT2D eigenvalue weighted by Gasteiger charge is -2.33. The van der Waals surface area contributed by atoms with Crippen LogP contribution in [0.15, 0.2) is 65.8 Å². The molecule has 50 heavy (non-hydrogen) atoms. The summed E-state index contributed by atoms with van der Waals surface area (Å²) >= 11 is 5.95. The number of nitrogens with zero attached hydrogens (tertiary/aromatic N) is 6. The number of carbonyl (C=O) groups excluding carboxylic acids is 3. The maximum absolute atomic E-state index is 13.8. The molecule has 2 amide bonds. The molecule has 1 aliphatic heterocycles. The van der Waals surface area contributed by atoms with Gasteiger partial charge in [0.1, 0.15) is 34.9 Å². The van der Waals surface area contributed by atoms with Crippen molar-refractivity contribution in [2.75, 3.05) is 24.1 Å². The Kier molecular flexibility index (Phi) is 9.52. The predicted octanol–water partition coefficient (Wildman–Crippen LogP) is 6.08. The van der Waals surface area contributed by atoms with Crippen LogP contribution in [0.1, 0.15) is 73.5 Å². The van der Waals surface area contributed by atoms with E-state index in [1.165, 1.54) is 29.2 Å². The number of fused-ring (bicyclic) bond motifs is 1. The van der Waals surface area contributed by atoms with Gasteiger partial charge in [-0.15, -0.1) is 0 Å². The lowest BCUT2D eigenvalue weighted by Crippen LogP contribution is -2.41. The highest BCUT2D eigenvalue weighted by atomic mass is 35.5. The van der Waals surface area contributed by atoms with E-state index in [4.69, 9.17) is 22.4 Å². The summed E-state index contributed by atoms with van der Waals surface area (Å²) in [6, 6.07) is 11.6. The summed E-state index contributed by atoms with van der Waals surface area (Å²) in [5.74, 6) is -0.885. The molecule has 0 unspecified atom stereocenters. The van der Waals surface area contributed by atoms with Crippen LogP contribution in [0.3, 0.4) is 0 Å². The quantitative estimate of drug-likeness (QED) is 0.185. The number of hydrogen-bond acceptors (Lipinski definition) is 8. The van der Waals surface area contributed by atoms with Crippen molar-refractivity contribution in [3.63, 3.8) is 0 Å². The van der Waals surface area contributed by atoms with E-state index in [1.807, 2.05) is 23.4 Å². The molecule has 0 bridgehead atoms. The van der Waals surface area contributed by atoms with Crippen molar-refractivity contribution in [3.8, 4) is 22.4 Å². The van der Waals surface area contributed by atoms with Crippen LogP contribution >= 0.6 is 11.6 Å². The molecule has 1 fully saturated rings. The summed E-state index contributed by atoms with van der Waals surface area (Å²) in [6.45, 7) is 8.59. The van der Waals surface area contributed by atoms with Crippen molar-refractivity contribution in [2.24, 2.45) is 5.92 Å². The zero-order chi connectivity index (χ0) is 35.9. The minimum Gasteiger partial charge on any atom is -0.383 e. The molecule has 0 radical (unpaired) electrons. The van der Waals surface area contributed by atoms with Crippen molar-refractivity contribution >= 4 is 51.2 Å². The van der Waals surface area contributed by atoms with E-state index in [2.05, 4.69) is 15.3 Å². The molecule has 0 atom stereocenters. The van der Waals surface area contributed by atoms with E-state index in [1.54, 1.807) is 38.1 Å². The Morgan fingerprint density at radius 3 is 2.20 bits per heavy atom. The molecule has 4 heterocycles. The number of nitrogen functional groups attached to an aromatic ring is 1. The first-order valence-electron chi connectivity index (χ1n) is 16.3. The number of carbonyl (C=O) groups is 3. The van der Waals surface area contributed by atoms with Crippen LogP contribution in [-0.2, 0) is 4.79 Å². The van der Waals surface area contributed by atoms with Gasteiger partial charge in [-0.3, -0.25) is 19.2 Å². The number of nitrogens with two attached hydrogens (primary N) is 1. The second-order valence-corrected chi connectivity index (χ2v) is 13.2. The van der Waals surface area contributed by atoms with Gasteiger partial charge in [-0.25, -0.2) is 19.0 Å². The van der Waals surface area contributed by atoms with Gasteiger partial charge in [0, 0.05) is 42.5 Å². The number of pyridine rings is 1. The first kappa shape index (κ1) is 34.4. The maximum Gasteiger partial charge on any atom is 0.269 e. The summed E-state index contributed by atoms with van der Waals surface area (Å²) in [6.07, 6.45) is 4.14. The van der Waals surface area contributed by atoms with Gasteiger partial charge in [-0.1, -0.05) is 38.1 Å². The molecule has 5 aromatic rings. The predicted molar refractivity (Wildman–Crippen MR) is 189 cm³/mol. The number of anilines is 2. The standard InChI is InChI=1S/C36H36ClFN8O4/c1-19(2)36(50)44-15-13-25(14-16-44)46-34-28(33(39)40-18-41-34)29(43-46)22-7-11-24(12-8-22)42-35(49)26-17-45(20(3)4)30(32(37)48)27(31(26)47)21-5-9-23(38)10-6-21/h5-12,17-20,25H,13-16H2,1-4H3,(H,42,49)(H2,39,40,41). The third kappa shape index (κ3) is 6.48. The summed E-state index contributed by atoms with van der Waals surface area (Å²) in [4.78, 5) is 63.1. The molecule has 3 aromatic heterocycles. The van der Waals surface area contributed by atoms with Crippen molar-refractivity contribution in [1.29, 1.82) is 0 Å². The Morgan fingerprint density at radius 1 is 0.960 bits per heavy atom. The molecule has 3 N–H and O–H groups in total. The number of rotatable bonds is 8. The largest absolute Gasteiger partial charge is 0.383 e. The van der Waals surface area contributed by atoms with Gasteiger partial charge in [-0.2, -0.15) is 5.10 Å². The van der Waals surface area contributed by atoms with Gasteiger partial charge >= 0.3 is 0 Å². The Bertz CT molecular complexity index is 2170. The van der Waals surface area contributed by atoms with Crippen molar-refractivity contribution < 1.29 is 18.8 Å². The Hall–Kier alpha value is -5.43. The van der Waals surface area contributed by atoms with E-state index in [0.29, 0.717) is 53.9 Å². The summed E-state index contributed by atoms with van der Waals surface area (Å²) < 4.78 is 17.1. The topological polar surface area (TPSA) is 158 Å². The summed E-state index contributed by atoms with van der Waals surface area (Å²) in [5, 5.41) is 7.41. The van der Waals surface area contributed by atoms with Gasteiger partial charge in [0.05, 0.1) is 17.0 Å². The SMILES string of the molecule is CC(C)C(=O)N1CCC(n2nc(-c3ccc(NC(=O)c4cn(C(C)C)c(C(=O)Cl)c(-c5ccc(F)cc5)c4=O)cc3)c3c(N)ncnc32)CC1. The van der Waals surface area contributed by atoms with Gasteiger partial charge in [0.15, 0.2) is 5.65 Å². The zero-order valence-corrected chi connectivity index (χ0v) is 28.7. The molecule has 12 nitrogen and oxygen atoms in total. The fraction of sp³-hybridized carbons (Fsp3) is 0.306. The third-order valence-electron chi connectivity index (χ3n) is 8.91. The molecule has 1 saturated heterocycles. The van der Waals surface area contributed by atoms with Gasteiger partial charge in [0.2, 0.25) is 11.3 Å². The number of hydrogen-bond donors (Lipinski definition) is 2. The lowest BCUT2D eigenvalue weighted by molar-refractivity contribution is -0.135. The highest BCUT2D eigenvalue weighted by Gasteiger charge is 2.29. The molecular formula is C36H36ClFN8O4. The number of benzene rings is 2. The van der Waals surface area contributed by atoms with E-state index in [-0.39, 0.29) is 52.1 Å². The fourth-order valence-corrected chi connectivity index (χ4v) is 6.54. The van der Waals surface area contributed by atoms with Crippen LogP contribution in [0.5, 0.6) is 0 Å². The fourth-order valence-electron chi connectivity index (χ4n) is 6.34. The van der Waals surface area contributed by atoms with Crippen molar-refractivity contribution in [3.05, 3.63) is 88.4 Å². The zero-order valence-electron chi connectivity index (χ0n) is 28.0. The average molecular weight is 699 g/mol. The normalized spacial score (nSPS) is 13.7. The Labute approximate surface area is 292 Å². The Morgan fingerprint density at radius 2 is 1.60 bits per heavy atom. The van der Waals surface area contributed by atoms with Crippen LogP contribution in [-0.4, -0.2) is 59.4 Å². The van der Waals surface area contributed by atoms with Gasteiger partial charge in [0.25, 0.3) is 11.1 Å². The molecule has 14 heteroatoms. The first-order valence-corrected chi connectivity index (χ1v) is 16.7. The van der Waals surface area contributed by atoms with E-state index in [9.17, 15) is 23.6 Å². The van der Waals surface area contributed by atoms with Gasteiger partial charge in [-0.05, 0) is 68.1 Å². The van der Waals surface area contributed by atoms with E-state index < -0.39 is 22.4 Å². The molecule has 258 valence electrons. The van der Waals surface area contributed by atoms with Crippen LogP contribution in [0, 0.1) is 11.7 Å². The average Bonchev–Trinajstić information content (AvgIpc) is 3.49. The lowest BCUT2D eigenvalue weighted by atomic mass is 10.00. The maximum atomic E-state index is 13.8. The number of amides is 2. The van der Waals surface area contributed by atoms with E-state index in [0.717, 1.165) is 12.1 Å². The van der Waals surface area contributed by atoms with Crippen molar-refractivity contribution in [1.82, 2.24) is 29.2 Å². The number of likely N-dealkylation sites (tertiary alicyclic amines) is 1. The first-order chi connectivity index (χ1) is 23.8. The number of piperidine rings is 1. The number of nitrogens with one attached hydrogen (secondary N) is 1. The van der Waals surface area contributed by atoms with Crippen LogP contribution in [0.25, 0.3) is 33.4 Å². The van der Waals surface area contributed by atoms with Crippen LogP contribution < -0.4 is 16.5 Å². The van der Waals surface area contributed by atoms with E-state index >= 15 is 0 Å². The second-order valence-electron chi connectivity index (χ2n) is 12.9.